The van der Waals surface area contributed by atoms with E-state index in [9.17, 15) is 0 Å². The van der Waals surface area contributed by atoms with Crippen LogP contribution in [0.25, 0.3) is 0 Å². The molecule has 0 amide bonds. The highest BCUT2D eigenvalue weighted by Crippen LogP contribution is 2.14. The van der Waals surface area contributed by atoms with Gasteiger partial charge in [0.1, 0.15) is 5.82 Å². The Morgan fingerprint density at radius 1 is 1.44 bits per heavy atom. The number of hydrogen-bond acceptors (Lipinski definition) is 5. The van der Waals surface area contributed by atoms with Crippen LogP contribution in [0.15, 0.2) is 12.3 Å². The Balaban J connectivity index is 1.92. The summed E-state index contributed by atoms with van der Waals surface area (Å²) in [5.74, 6) is 0.906. The van der Waals surface area contributed by atoms with Crippen LogP contribution < -0.4 is 11.1 Å². The molecule has 2 heterocycles. The molecule has 0 radical (unpaired) electrons. The van der Waals surface area contributed by atoms with Crippen molar-refractivity contribution in [3.05, 3.63) is 17.8 Å². The standard InChI is InChI=1S/C13H23N5/c1-10-6-13(16-8-12(10)14)15-7-11-9-17(2)4-5-18(11)3/h6,8,11H,4-5,7,9,14H2,1-3H3,(H,15,16). The Labute approximate surface area is 109 Å². The molecule has 5 nitrogen and oxygen atoms in total. The highest BCUT2D eigenvalue weighted by atomic mass is 15.3. The quantitative estimate of drug-likeness (QED) is 0.823. The Kier molecular flexibility index (Phi) is 4.04. The van der Waals surface area contributed by atoms with Crippen molar-refractivity contribution in [2.45, 2.75) is 13.0 Å². The van der Waals surface area contributed by atoms with Gasteiger partial charge in [-0.3, -0.25) is 4.90 Å². The predicted molar refractivity (Wildman–Crippen MR) is 75.8 cm³/mol. The number of nitrogens with two attached hydrogens (primary N) is 1. The van der Waals surface area contributed by atoms with Gasteiger partial charge < -0.3 is 16.0 Å². The van der Waals surface area contributed by atoms with Crippen molar-refractivity contribution in [2.24, 2.45) is 0 Å². The van der Waals surface area contributed by atoms with E-state index in [4.69, 9.17) is 5.73 Å². The first kappa shape index (κ1) is 13.1. The fourth-order valence-electron chi connectivity index (χ4n) is 2.21. The van der Waals surface area contributed by atoms with Crippen LogP contribution in [0.1, 0.15) is 5.56 Å². The van der Waals surface area contributed by atoms with Crippen molar-refractivity contribution in [3.8, 4) is 0 Å². The van der Waals surface area contributed by atoms with Crippen LogP contribution in [0.3, 0.4) is 0 Å². The third kappa shape index (κ3) is 3.11. The minimum atomic E-state index is 0.531. The van der Waals surface area contributed by atoms with Crippen molar-refractivity contribution in [3.63, 3.8) is 0 Å². The maximum absolute atomic E-state index is 5.76. The topological polar surface area (TPSA) is 57.4 Å². The highest BCUT2D eigenvalue weighted by molar-refractivity contribution is 5.50. The van der Waals surface area contributed by atoms with Crippen molar-refractivity contribution >= 4 is 11.5 Å². The number of aromatic nitrogens is 1. The average Bonchev–Trinajstić information content (AvgIpc) is 2.34. The Morgan fingerprint density at radius 2 is 2.22 bits per heavy atom. The molecule has 0 aromatic carbocycles. The van der Waals surface area contributed by atoms with E-state index >= 15 is 0 Å². The minimum absolute atomic E-state index is 0.531. The number of likely N-dealkylation sites (N-methyl/N-ethyl adjacent to an activating group) is 2. The molecule has 5 heteroatoms. The Hall–Kier alpha value is -1.33. The van der Waals surface area contributed by atoms with Gasteiger partial charge in [0.25, 0.3) is 0 Å². The van der Waals surface area contributed by atoms with Crippen LogP contribution in [0.4, 0.5) is 11.5 Å². The van der Waals surface area contributed by atoms with Crippen LogP contribution in [0.2, 0.25) is 0 Å². The Bertz CT molecular complexity index is 406. The van der Waals surface area contributed by atoms with E-state index in [1.807, 2.05) is 13.0 Å². The number of rotatable bonds is 3. The fourth-order valence-corrected chi connectivity index (χ4v) is 2.21. The first-order chi connectivity index (χ1) is 8.56. The second-order valence-corrected chi connectivity index (χ2v) is 5.20. The van der Waals surface area contributed by atoms with E-state index in [2.05, 4.69) is 34.2 Å². The van der Waals surface area contributed by atoms with E-state index in [0.717, 1.165) is 43.2 Å². The van der Waals surface area contributed by atoms with Gasteiger partial charge in [-0.15, -0.1) is 0 Å². The fraction of sp³-hybridized carbons (Fsp3) is 0.615. The molecule has 1 aromatic rings. The lowest BCUT2D eigenvalue weighted by atomic mass is 10.2. The maximum Gasteiger partial charge on any atom is 0.126 e. The summed E-state index contributed by atoms with van der Waals surface area (Å²) in [6, 6.07) is 2.53. The number of anilines is 2. The van der Waals surface area contributed by atoms with Crippen LogP contribution in [-0.4, -0.2) is 61.1 Å². The van der Waals surface area contributed by atoms with Gasteiger partial charge in [0.2, 0.25) is 0 Å². The molecular formula is C13H23N5. The molecule has 0 aliphatic carbocycles. The van der Waals surface area contributed by atoms with Gasteiger partial charge in [-0.1, -0.05) is 0 Å². The number of aryl methyl sites for hydroxylation is 1. The molecule has 3 N–H and O–H groups in total. The molecule has 1 fully saturated rings. The molecule has 1 saturated heterocycles. The summed E-state index contributed by atoms with van der Waals surface area (Å²) >= 11 is 0. The SMILES string of the molecule is Cc1cc(NCC2CN(C)CCN2C)ncc1N. The highest BCUT2D eigenvalue weighted by Gasteiger charge is 2.21. The van der Waals surface area contributed by atoms with Crippen molar-refractivity contribution in [1.29, 1.82) is 0 Å². The maximum atomic E-state index is 5.76. The van der Waals surface area contributed by atoms with Gasteiger partial charge in [-0.2, -0.15) is 0 Å². The third-order valence-corrected chi connectivity index (χ3v) is 3.65. The van der Waals surface area contributed by atoms with E-state index < -0.39 is 0 Å². The molecule has 1 atom stereocenters. The summed E-state index contributed by atoms with van der Waals surface area (Å²) in [5, 5.41) is 3.40. The second kappa shape index (κ2) is 5.54. The summed E-state index contributed by atoms with van der Waals surface area (Å²) in [7, 11) is 4.35. The summed E-state index contributed by atoms with van der Waals surface area (Å²) < 4.78 is 0. The first-order valence-electron chi connectivity index (χ1n) is 6.41. The van der Waals surface area contributed by atoms with Crippen molar-refractivity contribution in [2.75, 3.05) is 51.3 Å². The summed E-state index contributed by atoms with van der Waals surface area (Å²) in [4.78, 5) is 9.07. The molecule has 100 valence electrons. The number of hydrogen-bond donors (Lipinski definition) is 2. The summed E-state index contributed by atoms with van der Waals surface area (Å²) in [6.07, 6.45) is 1.72. The van der Waals surface area contributed by atoms with Gasteiger partial charge in [-0.25, -0.2) is 4.98 Å². The zero-order valence-electron chi connectivity index (χ0n) is 11.5. The minimum Gasteiger partial charge on any atom is -0.397 e. The lowest BCUT2D eigenvalue weighted by Gasteiger charge is -2.37. The van der Waals surface area contributed by atoms with Crippen LogP contribution in [0.5, 0.6) is 0 Å². The molecular weight excluding hydrogens is 226 g/mol. The molecule has 1 aliphatic heterocycles. The molecule has 0 saturated carbocycles. The first-order valence-corrected chi connectivity index (χ1v) is 6.41. The summed E-state index contributed by atoms with van der Waals surface area (Å²) in [5.41, 5.74) is 7.58. The smallest absolute Gasteiger partial charge is 0.126 e. The molecule has 2 rings (SSSR count). The van der Waals surface area contributed by atoms with E-state index in [-0.39, 0.29) is 0 Å². The zero-order valence-corrected chi connectivity index (χ0v) is 11.5. The second-order valence-electron chi connectivity index (χ2n) is 5.20. The molecule has 0 spiro atoms. The van der Waals surface area contributed by atoms with Gasteiger partial charge in [-0.05, 0) is 32.6 Å². The number of nitrogens with one attached hydrogen (secondary N) is 1. The van der Waals surface area contributed by atoms with Crippen LogP contribution in [0, 0.1) is 6.92 Å². The normalized spacial score (nSPS) is 22.1. The lowest BCUT2D eigenvalue weighted by molar-refractivity contribution is 0.122. The lowest BCUT2D eigenvalue weighted by Crippen LogP contribution is -2.52. The zero-order chi connectivity index (χ0) is 13.1. The van der Waals surface area contributed by atoms with Gasteiger partial charge in [0.15, 0.2) is 0 Å². The number of pyridine rings is 1. The largest absolute Gasteiger partial charge is 0.397 e. The van der Waals surface area contributed by atoms with Crippen molar-refractivity contribution < 1.29 is 0 Å². The predicted octanol–water partition coefficient (Wildman–Crippen LogP) is 0.630. The molecule has 1 aliphatic rings. The van der Waals surface area contributed by atoms with Crippen LogP contribution >= 0.6 is 0 Å². The van der Waals surface area contributed by atoms with Gasteiger partial charge in [0, 0.05) is 32.2 Å². The molecule has 1 unspecified atom stereocenters. The molecule has 1 aromatic heterocycles. The van der Waals surface area contributed by atoms with Gasteiger partial charge >= 0.3 is 0 Å². The van der Waals surface area contributed by atoms with E-state index in [0.29, 0.717) is 6.04 Å². The number of piperazine rings is 1. The third-order valence-electron chi connectivity index (χ3n) is 3.65. The Morgan fingerprint density at radius 3 is 2.94 bits per heavy atom. The van der Waals surface area contributed by atoms with E-state index in [1.54, 1.807) is 6.20 Å². The average molecular weight is 249 g/mol. The van der Waals surface area contributed by atoms with Crippen LogP contribution in [-0.2, 0) is 0 Å². The van der Waals surface area contributed by atoms with Crippen molar-refractivity contribution in [1.82, 2.24) is 14.8 Å². The number of nitrogens with zero attached hydrogens (tertiary/aromatic N) is 3. The molecule has 18 heavy (non-hydrogen) atoms. The van der Waals surface area contributed by atoms with Gasteiger partial charge in [0.05, 0.1) is 11.9 Å². The summed E-state index contributed by atoms with van der Waals surface area (Å²) in [6.45, 7) is 6.28. The van der Waals surface area contributed by atoms with E-state index in [1.165, 1.54) is 0 Å². The number of nitrogen functional groups attached to an aromatic ring is 1. The monoisotopic (exact) mass is 249 g/mol. The molecule has 0 bridgehead atoms.